The number of nitrogens with zero attached hydrogens (tertiary/aromatic N) is 1. The van der Waals surface area contributed by atoms with Crippen molar-refractivity contribution in [2.45, 2.75) is 95.8 Å². The van der Waals surface area contributed by atoms with Gasteiger partial charge in [0, 0.05) is 23.7 Å². The van der Waals surface area contributed by atoms with E-state index in [9.17, 15) is 5.11 Å². The summed E-state index contributed by atoms with van der Waals surface area (Å²) < 4.78 is 0. The molecule has 3 heteroatoms. The van der Waals surface area contributed by atoms with Crippen LogP contribution >= 0.6 is 0 Å². The van der Waals surface area contributed by atoms with Crippen LogP contribution in [-0.4, -0.2) is 46.8 Å². The third-order valence-electron chi connectivity index (χ3n) is 5.09. The zero-order valence-corrected chi connectivity index (χ0v) is 13.7. The molecule has 2 N–H and O–H groups in total. The van der Waals surface area contributed by atoms with E-state index in [2.05, 4.69) is 31.0 Å². The average molecular weight is 282 g/mol. The Hall–Kier alpha value is -0.120. The van der Waals surface area contributed by atoms with Gasteiger partial charge < -0.3 is 10.4 Å². The lowest BCUT2D eigenvalue weighted by Crippen LogP contribution is -2.54. The van der Waals surface area contributed by atoms with Crippen molar-refractivity contribution in [2.24, 2.45) is 0 Å². The van der Waals surface area contributed by atoms with E-state index in [1.807, 2.05) is 0 Å². The van der Waals surface area contributed by atoms with E-state index in [0.717, 1.165) is 12.5 Å². The van der Waals surface area contributed by atoms with Crippen LogP contribution in [0.15, 0.2) is 0 Å². The van der Waals surface area contributed by atoms with Gasteiger partial charge in [0.1, 0.15) is 0 Å². The topological polar surface area (TPSA) is 35.5 Å². The van der Waals surface area contributed by atoms with Crippen molar-refractivity contribution in [1.29, 1.82) is 0 Å². The minimum absolute atomic E-state index is 0.102. The third kappa shape index (κ3) is 4.44. The quantitative estimate of drug-likeness (QED) is 0.718. The number of hydrogen-bond acceptors (Lipinski definition) is 3. The van der Waals surface area contributed by atoms with Crippen LogP contribution in [0.25, 0.3) is 0 Å². The molecule has 118 valence electrons. The Morgan fingerprint density at radius 1 is 1.30 bits per heavy atom. The molecule has 3 nitrogen and oxygen atoms in total. The van der Waals surface area contributed by atoms with Crippen LogP contribution in [0.5, 0.6) is 0 Å². The fourth-order valence-corrected chi connectivity index (χ4v) is 3.91. The molecule has 1 saturated heterocycles. The summed E-state index contributed by atoms with van der Waals surface area (Å²) in [5.41, 5.74) is -0.102. The Morgan fingerprint density at radius 2 is 2.05 bits per heavy atom. The molecule has 1 aliphatic heterocycles. The SMILES string of the molecule is CCCC1CCCCN1C(C)CC(C)(CO)NC1CC1. The van der Waals surface area contributed by atoms with Gasteiger partial charge in [-0.25, -0.2) is 0 Å². The highest BCUT2D eigenvalue weighted by molar-refractivity contribution is 4.95. The van der Waals surface area contributed by atoms with Crippen LogP contribution in [0.1, 0.15) is 72.1 Å². The predicted molar refractivity (Wildman–Crippen MR) is 85.0 cm³/mol. The van der Waals surface area contributed by atoms with Gasteiger partial charge in [0.2, 0.25) is 0 Å². The van der Waals surface area contributed by atoms with Gasteiger partial charge in [-0.1, -0.05) is 19.8 Å². The third-order valence-corrected chi connectivity index (χ3v) is 5.09. The largest absolute Gasteiger partial charge is 0.394 e. The highest BCUT2D eigenvalue weighted by Crippen LogP contribution is 2.29. The molecule has 3 atom stereocenters. The van der Waals surface area contributed by atoms with Crippen LogP contribution in [0.3, 0.4) is 0 Å². The molecule has 1 saturated carbocycles. The molecule has 20 heavy (non-hydrogen) atoms. The van der Waals surface area contributed by atoms with E-state index < -0.39 is 0 Å². The van der Waals surface area contributed by atoms with Gasteiger partial charge in [-0.05, 0) is 58.9 Å². The first-order valence-corrected chi connectivity index (χ1v) is 8.72. The van der Waals surface area contributed by atoms with Gasteiger partial charge in [-0.15, -0.1) is 0 Å². The number of aliphatic hydroxyl groups excluding tert-OH is 1. The monoisotopic (exact) mass is 282 g/mol. The standard InChI is InChI=1S/C17H34N2O/c1-4-7-16-8-5-6-11-19(16)14(2)12-17(3,13-20)18-15-9-10-15/h14-16,18,20H,4-13H2,1-3H3. The van der Waals surface area contributed by atoms with Crippen molar-refractivity contribution in [3.63, 3.8) is 0 Å². The Balaban J connectivity index is 1.91. The molecule has 3 unspecified atom stereocenters. The molecule has 0 spiro atoms. The second-order valence-corrected chi connectivity index (χ2v) is 7.37. The molecule has 0 aromatic rings. The normalized spacial score (nSPS) is 29.1. The molecule has 0 aromatic carbocycles. The summed E-state index contributed by atoms with van der Waals surface area (Å²) in [6.45, 7) is 8.35. The Labute approximate surface area is 125 Å². The highest BCUT2D eigenvalue weighted by Gasteiger charge is 2.35. The molecule has 1 heterocycles. The van der Waals surface area contributed by atoms with Gasteiger partial charge in [0.05, 0.1) is 6.61 Å². The molecule has 2 rings (SSSR count). The first-order valence-electron chi connectivity index (χ1n) is 8.72. The highest BCUT2D eigenvalue weighted by atomic mass is 16.3. The minimum atomic E-state index is -0.102. The molecule has 2 aliphatic rings. The summed E-state index contributed by atoms with van der Waals surface area (Å²) in [5, 5.41) is 13.5. The van der Waals surface area contributed by atoms with E-state index in [-0.39, 0.29) is 12.1 Å². The average Bonchev–Trinajstić information content (AvgIpc) is 3.23. The first-order chi connectivity index (χ1) is 9.58. The summed E-state index contributed by atoms with van der Waals surface area (Å²) >= 11 is 0. The van der Waals surface area contributed by atoms with Crippen molar-refractivity contribution in [3.05, 3.63) is 0 Å². The molecular formula is C17H34N2O. The van der Waals surface area contributed by atoms with Crippen LogP contribution < -0.4 is 5.32 Å². The van der Waals surface area contributed by atoms with Crippen molar-refractivity contribution < 1.29 is 5.11 Å². The summed E-state index contributed by atoms with van der Waals surface area (Å²) in [6, 6.07) is 2.00. The van der Waals surface area contributed by atoms with Gasteiger partial charge in [-0.3, -0.25) is 4.90 Å². The van der Waals surface area contributed by atoms with E-state index in [1.165, 1.54) is 51.5 Å². The molecule has 0 aromatic heterocycles. The lowest BCUT2D eigenvalue weighted by Gasteiger charge is -2.43. The number of hydrogen-bond donors (Lipinski definition) is 2. The summed E-state index contributed by atoms with van der Waals surface area (Å²) in [6.07, 6.45) is 10.3. The fourth-order valence-electron chi connectivity index (χ4n) is 3.91. The summed E-state index contributed by atoms with van der Waals surface area (Å²) in [7, 11) is 0. The Bertz CT molecular complexity index is 291. The van der Waals surface area contributed by atoms with Gasteiger partial charge in [0.15, 0.2) is 0 Å². The Kier molecular flexibility index (Phi) is 5.88. The molecular weight excluding hydrogens is 248 g/mol. The minimum Gasteiger partial charge on any atom is -0.394 e. The molecule has 0 bridgehead atoms. The number of piperidine rings is 1. The molecule has 2 fully saturated rings. The number of likely N-dealkylation sites (tertiary alicyclic amines) is 1. The van der Waals surface area contributed by atoms with Crippen molar-refractivity contribution >= 4 is 0 Å². The maximum absolute atomic E-state index is 9.80. The second kappa shape index (κ2) is 7.24. The van der Waals surface area contributed by atoms with Gasteiger partial charge in [-0.2, -0.15) is 0 Å². The zero-order chi connectivity index (χ0) is 14.6. The molecule has 0 radical (unpaired) electrons. The van der Waals surface area contributed by atoms with Gasteiger partial charge in [0.25, 0.3) is 0 Å². The lowest BCUT2D eigenvalue weighted by atomic mass is 9.90. The summed E-state index contributed by atoms with van der Waals surface area (Å²) in [5.74, 6) is 0. The molecule has 1 aliphatic carbocycles. The van der Waals surface area contributed by atoms with Crippen molar-refractivity contribution in [2.75, 3.05) is 13.2 Å². The van der Waals surface area contributed by atoms with Crippen molar-refractivity contribution in [3.8, 4) is 0 Å². The van der Waals surface area contributed by atoms with Gasteiger partial charge >= 0.3 is 0 Å². The first kappa shape index (κ1) is 16.3. The van der Waals surface area contributed by atoms with E-state index in [1.54, 1.807) is 0 Å². The fraction of sp³-hybridized carbons (Fsp3) is 1.00. The number of nitrogens with one attached hydrogen (secondary N) is 1. The van der Waals surface area contributed by atoms with Crippen LogP contribution in [0, 0.1) is 0 Å². The lowest BCUT2D eigenvalue weighted by molar-refractivity contribution is 0.0607. The maximum Gasteiger partial charge on any atom is 0.0611 e. The van der Waals surface area contributed by atoms with E-state index >= 15 is 0 Å². The van der Waals surface area contributed by atoms with Crippen molar-refractivity contribution in [1.82, 2.24) is 10.2 Å². The smallest absolute Gasteiger partial charge is 0.0611 e. The van der Waals surface area contributed by atoms with Crippen LogP contribution in [-0.2, 0) is 0 Å². The van der Waals surface area contributed by atoms with E-state index in [4.69, 9.17) is 0 Å². The zero-order valence-electron chi connectivity index (χ0n) is 13.7. The predicted octanol–water partition coefficient (Wildman–Crippen LogP) is 2.92. The Morgan fingerprint density at radius 3 is 2.65 bits per heavy atom. The van der Waals surface area contributed by atoms with Crippen LogP contribution in [0.4, 0.5) is 0 Å². The van der Waals surface area contributed by atoms with Crippen LogP contribution in [0.2, 0.25) is 0 Å². The second-order valence-electron chi connectivity index (χ2n) is 7.37. The summed E-state index contributed by atoms with van der Waals surface area (Å²) in [4.78, 5) is 2.72. The number of rotatable bonds is 8. The van der Waals surface area contributed by atoms with E-state index in [0.29, 0.717) is 12.1 Å². The molecule has 0 amide bonds. The maximum atomic E-state index is 9.80. The number of aliphatic hydroxyl groups is 1.